The van der Waals surface area contributed by atoms with E-state index in [-0.39, 0.29) is 13.2 Å². The molecule has 48 heavy (non-hydrogen) atoms. The van der Waals surface area contributed by atoms with Crippen LogP contribution in [0.15, 0.2) is 35.4 Å². The van der Waals surface area contributed by atoms with Gasteiger partial charge in [-0.1, -0.05) is 35.4 Å². The number of carbonyl (C=O) groups is 5. The molecule has 3 rings (SSSR count). The van der Waals surface area contributed by atoms with E-state index < -0.39 is 97.8 Å². The fourth-order valence-electron chi connectivity index (χ4n) is 5.21. The minimum absolute atomic E-state index is 0.141. The zero-order chi connectivity index (χ0) is 35.4. The Morgan fingerprint density at radius 2 is 1.25 bits per heavy atom. The molecule has 2 fully saturated rings. The summed E-state index contributed by atoms with van der Waals surface area (Å²) < 4.78 is 56.9. The number of methoxy groups -OCH3 is 1. The molecule has 0 aromatic heterocycles. The van der Waals surface area contributed by atoms with Gasteiger partial charge in [0.1, 0.15) is 37.1 Å². The minimum atomic E-state index is -1.68. The molecular weight excluding hydrogens is 642 g/mol. The van der Waals surface area contributed by atoms with Gasteiger partial charge in [-0.05, 0) is 11.1 Å². The summed E-state index contributed by atoms with van der Waals surface area (Å²) in [5.41, 5.74) is 10.2. The number of ether oxygens (including phenoxy) is 10. The summed E-state index contributed by atoms with van der Waals surface area (Å²) in [7, 11) is 1.29. The van der Waals surface area contributed by atoms with Gasteiger partial charge in [-0.15, -0.1) is 0 Å². The van der Waals surface area contributed by atoms with Crippen LogP contribution in [0.25, 0.3) is 10.4 Å². The van der Waals surface area contributed by atoms with Crippen molar-refractivity contribution in [3.05, 3.63) is 46.3 Å². The molecule has 1 aromatic carbocycles. The van der Waals surface area contributed by atoms with Crippen LogP contribution in [0.1, 0.15) is 40.2 Å². The molecule has 1 aromatic rings. The highest BCUT2D eigenvalue weighted by atomic mass is 16.8. The second-order valence-electron chi connectivity index (χ2n) is 10.7. The molecular formula is C30H39N3O15. The van der Waals surface area contributed by atoms with Gasteiger partial charge >= 0.3 is 29.8 Å². The third kappa shape index (κ3) is 10.9. The Morgan fingerprint density at radius 1 is 0.708 bits per heavy atom. The second kappa shape index (κ2) is 18.3. The normalized spacial score (nSPS) is 29.8. The number of benzene rings is 1. The lowest BCUT2D eigenvalue weighted by atomic mass is 9.95. The van der Waals surface area contributed by atoms with Gasteiger partial charge in [-0.25, -0.2) is 0 Å². The van der Waals surface area contributed by atoms with E-state index >= 15 is 0 Å². The highest BCUT2D eigenvalue weighted by Crippen LogP contribution is 2.35. The highest BCUT2D eigenvalue weighted by Gasteiger charge is 2.56. The average molecular weight is 682 g/mol. The zero-order valence-electron chi connectivity index (χ0n) is 27.2. The van der Waals surface area contributed by atoms with Gasteiger partial charge in [-0.3, -0.25) is 24.0 Å². The molecule has 0 spiro atoms. The van der Waals surface area contributed by atoms with Gasteiger partial charge in [0, 0.05) is 46.6 Å². The lowest BCUT2D eigenvalue weighted by Gasteiger charge is -2.48. The molecule has 0 radical (unpaired) electrons. The first-order valence-corrected chi connectivity index (χ1v) is 14.8. The smallest absolute Gasteiger partial charge is 0.303 e. The molecule has 0 amide bonds. The third-order valence-corrected chi connectivity index (χ3v) is 6.97. The fourth-order valence-corrected chi connectivity index (χ4v) is 5.21. The number of azide groups is 1. The molecule has 18 heteroatoms. The van der Waals surface area contributed by atoms with Crippen LogP contribution in [-0.2, 0) is 77.9 Å². The van der Waals surface area contributed by atoms with Crippen molar-refractivity contribution < 1.29 is 71.3 Å². The van der Waals surface area contributed by atoms with Crippen molar-refractivity contribution in [1.82, 2.24) is 0 Å². The van der Waals surface area contributed by atoms with Crippen molar-refractivity contribution in [3.8, 4) is 0 Å². The first-order chi connectivity index (χ1) is 22.8. The topological polar surface area (TPSA) is 226 Å². The van der Waals surface area contributed by atoms with Crippen LogP contribution in [0.3, 0.4) is 0 Å². The summed E-state index contributed by atoms with van der Waals surface area (Å²) >= 11 is 0. The molecule has 18 nitrogen and oxygen atoms in total. The molecule has 0 saturated carbocycles. The van der Waals surface area contributed by atoms with Crippen molar-refractivity contribution in [2.75, 3.05) is 20.3 Å². The van der Waals surface area contributed by atoms with Crippen molar-refractivity contribution in [2.24, 2.45) is 5.11 Å². The van der Waals surface area contributed by atoms with Gasteiger partial charge in [0.15, 0.2) is 30.9 Å². The Bertz CT molecular complexity index is 1320. The molecule has 0 bridgehead atoms. The minimum Gasteiger partial charge on any atom is -0.463 e. The van der Waals surface area contributed by atoms with Crippen molar-refractivity contribution >= 4 is 29.8 Å². The number of carbonyl (C=O) groups excluding carboxylic acids is 5. The van der Waals surface area contributed by atoms with E-state index in [1.807, 2.05) is 30.3 Å². The van der Waals surface area contributed by atoms with Crippen LogP contribution in [0.2, 0.25) is 0 Å². The number of rotatable bonds is 14. The quantitative estimate of drug-likeness (QED) is 0.0894. The van der Waals surface area contributed by atoms with Gasteiger partial charge in [-0.2, -0.15) is 0 Å². The number of hydrogen-bond donors (Lipinski definition) is 0. The van der Waals surface area contributed by atoms with Gasteiger partial charge in [0.05, 0.1) is 13.2 Å². The first kappa shape index (κ1) is 38.1. The summed E-state index contributed by atoms with van der Waals surface area (Å²) in [6, 6.07) is 7.87. The van der Waals surface area contributed by atoms with Crippen LogP contribution in [0.4, 0.5) is 0 Å². The monoisotopic (exact) mass is 681 g/mol. The van der Waals surface area contributed by atoms with Crippen molar-refractivity contribution in [1.29, 1.82) is 0 Å². The Hall–Kier alpha value is -4.32. The van der Waals surface area contributed by atoms with Crippen LogP contribution in [0, 0.1) is 0 Å². The second-order valence-corrected chi connectivity index (χ2v) is 10.7. The lowest BCUT2D eigenvalue weighted by Crippen LogP contribution is -2.66. The third-order valence-electron chi connectivity index (χ3n) is 6.97. The Morgan fingerprint density at radius 3 is 1.81 bits per heavy atom. The maximum Gasteiger partial charge on any atom is 0.303 e. The van der Waals surface area contributed by atoms with Crippen molar-refractivity contribution in [2.45, 2.75) is 103 Å². The van der Waals surface area contributed by atoms with E-state index in [0.717, 1.165) is 40.2 Å². The predicted octanol–water partition coefficient (Wildman–Crippen LogP) is 1.65. The maximum atomic E-state index is 12.3. The fraction of sp³-hybridized carbons (Fsp3) is 0.633. The van der Waals surface area contributed by atoms with Gasteiger partial charge < -0.3 is 47.4 Å². The summed E-state index contributed by atoms with van der Waals surface area (Å²) in [6.07, 6.45) is -12.7. The molecule has 10 atom stereocenters. The van der Waals surface area contributed by atoms with Crippen molar-refractivity contribution in [3.63, 3.8) is 0 Å². The summed E-state index contributed by atoms with van der Waals surface area (Å²) in [6.45, 7) is 4.92. The lowest BCUT2D eigenvalue weighted by molar-refractivity contribution is -0.348. The van der Waals surface area contributed by atoms with E-state index in [1.165, 1.54) is 7.11 Å². The predicted molar refractivity (Wildman–Crippen MR) is 157 cm³/mol. The Labute approximate surface area is 275 Å². The number of hydrogen-bond acceptors (Lipinski definition) is 16. The summed E-state index contributed by atoms with van der Waals surface area (Å²) in [5.74, 6) is -4.02. The maximum absolute atomic E-state index is 12.3. The van der Waals surface area contributed by atoms with Gasteiger partial charge in [0.2, 0.25) is 0 Å². The zero-order valence-corrected chi connectivity index (χ0v) is 27.2. The van der Waals surface area contributed by atoms with E-state index in [2.05, 4.69) is 10.0 Å². The van der Waals surface area contributed by atoms with E-state index in [1.54, 1.807) is 0 Å². The molecule has 0 unspecified atom stereocenters. The first-order valence-electron chi connectivity index (χ1n) is 14.8. The standard InChI is InChI=1S/C30H39N3O15/c1-15(34)41-14-22-25(42-16(2)35)27(44-18(4)37)28(45-19(5)38)30(47-22)48-24-21(13-40-12-20-10-8-7-9-11-20)46-29(39-6)23(32-33-31)26(24)43-17(3)36/h7-11,21-30H,12-14H2,1-6H3/t21-,22-,23-,24+,25-,26-,27+,28-,29+,30-/m1/s1. The highest BCUT2D eigenvalue weighted by molar-refractivity contribution is 5.69. The largest absolute Gasteiger partial charge is 0.463 e. The molecule has 0 aliphatic carbocycles. The van der Waals surface area contributed by atoms with E-state index in [4.69, 9.17) is 47.4 Å². The molecule has 2 aliphatic rings. The molecule has 0 N–H and O–H groups in total. The van der Waals surface area contributed by atoms with Gasteiger partial charge in [0.25, 0.3) is 0 Å². The summed E-state index contributed by atoms with van der Waals surface area (Å²) in [4.78, 5) is 63.6. The van der Waals surface area contributed by atoms with Crippen LogP contribution >= 0.6 is 0 Å². The molecule has 2 heterocycles. The Kier molecular flexibility index (Phi) is 14.5. The number of esters is 5. The van der Waals surface area contributed by atoms with Crippen LogP contribution in [0.5, 0.6) is 0 Å². The SMILES string of the molecule is CO[C@H]1O[C@H](COCc2ccccc2)[C@H](O[C@H]2O[C@H](COC(C)=O)[C@@H](OC(C)=O)[C@H](OC(C)=O)[C@H]2OC(C)=O)[C@H](OC(C)=O)[C@H]1N=[N+]=[N-]. The van der Waals surface area contributed by atoms with Crippen LogP contribution in [-0.4, -0.2) is 112 Å². The summed E-state index contributed by atoms with van der Waals surface area (Å²) in [5, 5.41) is 3.73. The Balaban J connectivity index is 2.09. The van der Waals surface area contributed by atoms with Crippen LogP contribution < -0.4 is 0 Å². The molecule has 2 aliphatic heterocycles. The number of nitrogens with zero attached hydrogens (tertiary/aromatic N) is 3. The molecule has 264 valence electrons. The average Bonchev–Trinajstić information content (AvgIpc) is 3.01. The van der Waals surface area contributed by atoms with E-state index in [0.29, 0.717) is 0 Å². The molecule has 2 saturated heterocycles. The van der Waals surface area contributed by atoms with E-state index in [9.17, 15) is 29.5 Å².